The highest BCUT2D eigenvalue weighted by molar-refractivity contribution is 7.99. The summed E-state index contributed by atoms with van der Waals surface area (Å²) in [5, 5.41) is 9.74. The first kappa shape index (κ1) is 22.2. The van der Waals surface area contributed by atoms with Crippen LogP contribution in [-0.4, -0.2) is 40.6 Å². The summed E-state index contributed by atoms with van der Waals surface area (Å²) in [5.74, 6) is 0.0603. The minimum absolute atomic E-state index is 0. The van der Waals surface area contributed by atoms with Gasteiger partial charge in [-0.15, -0.1) is 11.8 Å². The fourth-order valence-electron chi connectivity index (χ4n) is 2.90. The predicted molar refractivity (Wildman–Crippen MR) is 114 cm³/mol. The van der Waals surface area contributed by atoms with Crippen LogP contribution >= 0.6 is 25.3 Å². The molecule has 3 aromatic rings. The largest absolute Gasteiger partial charge is 0.394 e. The SMILES string of the molecule is CO[C@@H](CO)CSc1c(-c2ccc(F)cc2)c(C)cc2c(=O)[nH]c(=O)[nH]c12.S. The zero-order chi connectivity index (χ0) is 19.6. The smallest absolute Gasteiger partial charge is 0.326 e. The second-order valence-corrected chi connectivity index (χ2v) is 7.12. The van der Waals surface area contributed by atoms with Gasteiger partial charge in [0.2, 0.25) is 0 Å². The molecule has 1 heterocycles. The number of rotatable bonds is 6. The topological polar surface area (TPSA) is 95.2 Å². The molecular formula is C19H21FN2O4S2. The number of hydrogen-bond donors (Lipinski definition) is 3. The van der Waals surface area contributed by atoms with Crippen LogP contribution in [0.1, 0.15) is 5.56 Å². The van der Waals surface area contributed by atoms with Crippen molar-refractivity contribution in [1.82, 2.24) is 9.97 Å². The number of aromatic amines is 2. The third kappa shape index (κ3) is 4.49. The van der Waals surface area contributed by atoms with E-state index in [9.17, 15) is 19.1 Å². The van der Waals surface area contributed by atoms with E-state index in [1.807, 2.05) is 6.92 Å². The van der Waals surface area contributed by atoms with Crippen LogP contribution in [0.5, 0.6) is 0 Å². The first-order valence-electron chi connectivity index (χ1n) is 8.27. The normalized spacial score (nSPS) is 12.0. The summed E-state index contributed by atoms with van der Waals surface area (Å²) in [6, 6.07) is 7.73. The van der Waals surface area contributed by atoms with Crippen LogP contribution in [0.2, 0.25) is 0 Å². The zero-order valence-corrected chi connectivity index (χ0v) is 17.2. The molecular weight excluding hydrogens is 403 g/mol. The second-order valence-electron chi connectivity index (χ2n) is 6.09. The molecule has 3 N–H and O–H groups in total. The van der Waals surface area contributed by atoms with Crippen molar-refractivity contribution in [2.45, 2.75) is 17.9 Å². The van der Waals surface area contributed by atoms with E-state index in [1.165, 1.54) is 31.0 Å². The number of halogens is 1. The Morgan fingerprint density at radius 1 is 1.21 bits per heavy atom. The van der Waals surface area contributed by atoms with Crippen LogP contribution in [0, 0.1) is 12.7 Å². The van der Waals surface area contributed by atoms with E-state index in [1.54, 1.807) is 18.2 Å². The maximum atomic E-state index is 13.4. The number of aliphatic hydroxyl groups excluding tert-OH is 1. The lowest BCUT2D eigenvalue weighted by Gasteiger charge is -2.18. The highest BCUT2D eigenvalue weighted by Gasteiger charge is 2.18. The van der Waals surface area contributed by atoms with Gasteiger partial charge in [-0.1, -0.05) is 12.1 Å². The van der Waals surface area contributed by atoms with Gasteiger partial charge in [0.1, 0.15) is 5.82 Å². The number of aliphatic hydroxyl groups is 1. The summed E-state index contributed by atoms with van der Waals surface area (Å²) in [7, 11) is 1.50. The standard InChI is InChI=1S/C19H19FN2O4S.H2S/c1-10-7-14-16(21-19(25)22-18(14)24)17(27-9-13(8-23)26-2)15(10)11-3-5-12(20)6-4-11;/h3-7,13,23H,8-9H2,1-2H3,(H2,21,22,24,25);1H2/t13-;/m0./s1. The summed E-state index contributed by atoms with van der Waals surface area (Å²) in [6.45, 7) is 1.70. The zero-order valence-electron chi connectivity index (χ0n) is 15.3. The van der Waals surface area contributed by atoms with Crippen LogP contribution in [0.4, 0.5) is 4.39 Å². The number of fused-ring (bicyclic) bond motifs is 1. The number of H-pyrrole nitrogens is 2. The van der Waals surface area contributed by atoms with E-state index >= 15 is 0 Å². The van der Waals surface area contributed by atoms with Crippen molar-refractivity contribution in [1.29, 1.82) is 0 Å². The lowest BCUT2D eigenvalue weighted by Crippen LogP contribution is -2.23. The first-order chi connectivity index (χ1) is 12.9. The molecule has 0 amide bonds. The van der Waals surface area contributed by atoms with E-state index in [2.05, 4.69) is 9.97 Å². The van der Waals surface area contributed by atoms with Gasteiger partial charge in [0, 0.05) is 23.3 Å². The van der Waals surface area contributed by atoms with E-state index in [0.717, 1.165) is 16.7 Å². The third-order valence-corrected chi connectivity index (χ3v) is 5.51. The highest BCUT2D eigenvalue weighted by atomic mass is 32.2. The quantitative estimate of drug-likeness (QED) is 0.529. The molecule has 0 bridgehead atoms. The minimum Gasteiger partial charge on any atom is -0.394 e. The van der Waals surface area contributed by atoms with Crippen molar-refractivity contribution in [3.05, 3.63) is 62.6 Å². The Bertz CT molecular complexity index is 1080. The molecule has 2 aromatic carbocycles. The average molecular weight is 425 g/mol. The fourth-order valence-corrected chi connectivity index (χ4v) is 4.22. The molecule has 0 unspecified atom stereocenters. The summed E-state index contributed by atoms with van der Waals surface area (Å²) < 4.78 is 18.6. The molecule has 0 saturated carbocycles. The number of methoxy groups -OCH3 is 1. The summed E-state index contributed by atoms with van der Waals surface area (Å²) in [5.41, 5.74) is 1.70. The maximum Gasteiger partial charge on any atom is 0.326 e. The molecule has 3 rings (SSSR count). The molecule has 1 atom stereocenters. The van der Waals surface area contributed by atoms with Crippen LogP contribution in [-0.2, 0) is 4.74 Å². The van der Waals surface area contributed by atoms with Gasteiger partial charge in [0.05, 0.1) is 23.6 Å². The van der Waals surface area contributed by atoms with Crippen molar-refractivity contribution < 1.29 is 14.2 Å². The highest BCUT2D eigenvalue weighted by Crippen LogP contribution is 2.38. The Morgan fingerprint density at radius 3 is 2.50 bits per heavy atom. The van der Waals surface area contributed by atoms with Gasteiger partial charge in [0.25, 0.3) is 5.56 Å². The number of thioether (sulfide) groups is 1. The lowest BCUT2D eigenvalue weighted by molar-refractivity contribution is 0.0656. The van der Waals surface area contributed by atoms with E-state index in [0.29, 0.717) is 21.6 Å². The molecule has 0 aliphatic heterocycles. The Balaban J connectivity index is 0.00000280. The second kappa shape index (κ2) is 9.42. The summed E-state index contributed by atoms with van der Waals surface area (Å²) >= 11 is 1.36. The molecule has 0 saturated heterocycles. The predicted octanol–water partition coefficient (Wildman–Crippen LogP) is 2.54. The molecule has 0 aliphatic rings. The summed E-state index contributed by atoms with van der Waals surface area (Å²) in [4.78, 5) is 29.7. The molecule has 0 spiro atoms. The van der Waals surface area contributed by atoms with Crippen molar-refractivity contribution in [2.24, 2.45) is 0 Å². The van der Waals surface area contributed by atoms with E-state index in [-0.39, 0.29) is 25.9 Å². The van der Waals surface area contributed by atoms with Gasteiger partial charge in [-0.2, -0.15) is 13.5 Å². The molecule has 0 radical (unpaired) electrons. The maximum absolute atomic E-state index is 13.4. The number of nitrogens with one attached hydrogen (secondary N) is 2. The molecule has 1 aromatic heterocycles. The molecule has 6 nitrogen and oxygen atoms in total. The molecule has 0 fully saturated rings. The minimum atomic E-state index is -0.603. The van der Waals surface area contributed by atoms with Gasteiger partial charge in [-0.3, -0.25) is 9.78 Å². The van der Waals surface area contributed by atoms with E-state index < -0.39 is 17.4 Å². The number of benzene rings is 2. The van der Waals surface area contributed by atoms with Gasteiger partial charge >= 0.3 is 5.69 Å². The lowest BCUT2D eigenvalue weighted by atomic mass is 9.98. The molecule has 0 aliphatic carbocycles. The monoisotopic (exact) mass is 424 g/mol. The van der Waals surface area contributed by atoms with Crippen LogP contribution < -0.4 is 11.2 Å². The van der Waals surface area contributed by atoms with Gasteiger partial charge in [-0.05, 0) is 36.2 Å². The van der Waals surface area contributed by atoms with Crippen molar-refractivity contribution in [2.75, 3.05) is 19.5 Å². The Morgan fingerprint density at radius 2 is 1.89 bits per heavy atom. The Labute approximate surface area is 171 Å². The fraction of sp³-hybridized carbons (Fsp3) is 0.263. The van der Waals surface area contributed by atoms with Crippen LogP contribution in [0.15, 0.2) is 44.8 Å². The molecule has 9 heteroatoms. The number of ether oxygens (including phenoxy) is 1. The molecule has 150 valence electrons. The molecule has 28 heavy (non-hydrogen) atoms. The Kier molecular flexibility index (Phi) is 7.48. The summed E-state index contributed by atoms with van der Waals surface area (Å²) in [6.07, 6.45) is -0.402. The number of aryl methyl sites for hydroxylation is 1. The van der Waals surface area contributed by atoms with Gasteiger partial charge < -0.3 is 14.8 Å². The Hall–Kier alpha value is -2.07. The van der Waals surface area contributed by atoms with Crippen molar-refractivity contribution >= 4 is 36.2 Å². The van der Waals surface area contributed by atoms with Crippen molar-refractivity contribution in [3.63, 3.8) is 0 Å². The number of aromatic nitrogens is 2. The third-order valence-electron chi connectivity index (χ3n) is 4.27. The van der Waals surface area contributed by atoms with Crippen molar-refractivity contribution in [3.8, 4) is 11.1 Å². The first-order valence-corrected chi connectivity index (χ1v) is 9.25. The number of hydrogen-bond acceptors (Lipinski definition) is 5. The van der Waals surface area contributed by atoms with E-state index in [4.69, 9.17) is 4.74 Å². The van der Waals surface area contributed by atoms with Gasteiger partial charge in [0.15, 0.2) is 0 Å². The average Bonchev–Trinajstić information content (AvgIpc) is 2.64. The van der Waals surface area contributed by atoms with Crippen LogP contribution in [0.25, 0.3) is 22.0 Å². The van der Waals surface area contributed by atoms with Gasteiger partial charge in [-0.25, -0.2) is 9.18 Å². The van der Waals surface area contributed by atoms with Crippen LogP contribution in [0.3, 0.4) is 0 Å².